The van der Waals surface area contributed by atoms with Crippen molar-refractivity contribution in [3.05, 3.63) is 29.8 Å². The molecule has 2 rings (SSSR count). The molecule has 0 aromatic heterocycles. The molecule has 1 atom stereocenters. The number of aliphatic hydroxyl groups is 1. The van der Waals surface area contributed by atoms with Crippen LogP contribution in [0.25, 0.3) is 0 Å². The molecule has 19 heavy (non-hydrogen) atoms. The lowest BCUT2D eigenvalue weighted by atomic mass is 10.1. The number of aliphatic hydroxyl groups excluding tert-OH is 1. The lowest BCUT2D eigenvalue weighted by Gasteiger charge is -2.23. The molecule has 1 unspecified atom stereocenters. The van der Waals surface area contributed by atoms with Crippen LogP contribution >= 0.6 is 0 Å². The Labute approximate surface area is 114 Å². The number of hydrogen-bond donors (Lipinski definition) is 2. The summed E-state index contributed by atoms with van der Waals surface area (Å²) in [5.41, 5.74) is 1.74. The highest BCUT2D eigenvalue weighted by atomic mass is 16.3. The van der Waals surface area contributed by atoms with Gasteiger partial charge in [-0.15, -0.1) is 0 Å². The Morgan fingerprint density at radius 3 is 2.79 bits per heavy atom. The fourth-order valence-corrected chi connectivity index (χ4v) is 2.46. The lowest BCUT2D eigenvalue weighted by Crippen LogP contribution is -2.37. The molecule has 1 aromatic carbocycles. The molecule has 0 spiro atoms. The number of anilines is 1. The number of carbonyl (C=O) groups excluding carboxylic acids is 1. The van der Waals surface area contributed by atoms with E-state index in [9.17, 15) is 9.90 Å². The van der Waals surface area contributed by atoms with E-state index in [2.05, 4.69) is 12.2 Å². The second-order valence-electron chi connectivity index (χ2n) is 4.98. The number of nitrogens with one attached hydrogen (secondary N) is 1. The molecule has 1 aromatic rings. The van der Waals surface area contributed by atoms with Gasteiger partial charge in [-0.3, -0.25) is 4.79 Å². The first-order chi connectivity index (χ1) is 9.26. The van der Waals surface area contributed by atoms with Gasteiger partial charge >= 0.3 is 0 Å². The number of rotatable bonds is 5. The first-order valence-corrected chi connectivity index (χ1v) is 7.02. The first-order valence-electron chi connectivity index (χ1n) is 7.02. The largest absolute Gasteiger partial charge is 0.394 e. The summed E-state index contributed by atoms with van der Waals surface area (Å²) in [7, 11) is 0. The maximum absolute atomic E-state index is 12.3. The van der Waals surface area contributed by atoms with Crippen LogP contribution < -0.4 is 5.32 Å². The van der Waals surface area contributed by atoms with Crippen LogP contribution in [0.4, 0.5) is 5.69 Å². The predicted octanol–water partition coefficient (Wildman–Crippen LogP) is 2.11. The normalized spacial score (nSPS) is 18.6. The van der Waals surface area contributed by atoms with Crippen molar-refractivity contribution in [2.24, 2.45) is 0 Å². The van der Waals surface area contributed by atoms with E-state index >= 15 is 0 Å². The SMILES string of the molecule is CCCNc1ccc(C(=O)N2CCCC2CO)cc1. The Kier molecular flexibility index (Phi) is 4.80. The Hall–Kier alpha value is -1.55. The van der Waals surface area contributed by atoms with E-state index in [1.165, 1.54) is 0 Å². The van der Waals surface area contributed by atoms with Crippen LogP contribution in [0, 0.1) is 0 Å². The molecular weight excluding hydrogens is 240 g/mol. The minimum Gasteiger partial charge on any atom is -0.394 e. The van der Waals surface area contributed by atoms with Crippen LogP contribution in [0.1, 0.15) is 36.5 Å². The molecule has 2 N–H and O–H groups in total. The summed E-state index contributed by atoms with van der Waals surface area (Å²) in [4.78, 5) is 14.1. The third kappa shape index (κ3) is 3.26. The molecular formula is C15H22N2O2. The summed E-state index contributed by atoms with van der Waals surface area (Å²) < 4.78 is 0. The zero-order valence-electron chi connectivity index (χ0n) is 11.4. The molecule has 1 heterocycles. The molecule has 0 saturated carbocycles. The van der Waals surface area contributed by atoms with Crippen molar-refractivity contribution in [2.45, 2.75) is 32.2 Å². The molecule has 4 heteroatoms. The van der Waals surface area contributed by atoms with Crippen molar-refractivity contribution in [2.75, 3.05) is 25.0 Å². The summed E-state index contributed by atoms with van der Waals surface area (Å²) in [5, 5.41) is 12.6. The monoisotopic (exact) mass is 262 g/mol. The van der Waals surface area contributed by atoms with Crippen LogP contribution in [0.3, 0.4) is 0 Å². The van der Waals surface area contributed by atoms with Gasteiger partial charge in [0.05, 0.1) is 12.6 Å². The van der Waals surface area contributed by atoms with Crippen molar-refractivity contribution in [1.82, 2.24) is 4.90 Å². The minimum atomic E-state index is -0.00890. The Balaban J connectivity index is 2.03. The van der Waals surface area contributed by atoms with E-state index in [0.29, 0.717) is 5.56 Å². The van der Waals surface area contributed by atoms with E-state index in [0.717, 1.165) is 38.0 Å². The molecule has 104 valence electrons. The highest BCUT2D eigenvalue weighted by molar-refractivity contribution is 5.95. The average molecular weight is 262 g/mol. The van der Waals surface area contributed by atoms with Gasteiger partial charge in [-0.25, -0.2) is 0 Å². The molecule has 0 radical (unpaired) electrons. The Bertz CT molecular complexity index is 417. The maximum atomic E-state index is 12.3. The highest BCUT2D eigenvalue weighted by Gasteiger charge is 2.28. The van der Waals surface area contributed by atoms with Crippen molar-refractivity contribution in [3.8, 4) is 0 Å². The summed E-state index contributed by atoms with van der Waals surface area (Å²) in [6.45, 7) is 3.86. The first kappa shape index (κ1) is 13.9. The number of likely N-dealkylation sites (tertiary alicyclic amines) is 1. The molecule has 1 fully saturated rings. The molecule has 1 amide bonds. The van der Waals surface area contributed by atoms with Crippen molar-refractivity contribution < 1.29 is 9.90 Å². The number of nitrogens with zero attached hydrogens (tertiary/aromatic N) is 1. The van der Waals surface area contributed by atoms with Crippen LogP contribution in [-0.4, -0.2) is 41.7 Å². The van der Waals surface area contributed by atoms with Crippen LogP contribution in [0.5, 0.6) is 0 Å². The topological polar surface area (TPSA) is 52.6 Å². The van der Waals surface area contributed by atoms with E-state index < -0.39 is 0 Å². The van der Waals surface area contributed by atoms with Crippen molar-refractivity contribution in [1.29, 1.82) is 0 Å². The number of hydrogen-bond acceptors (Lipinski definition) is 3. The standard InChI is InChI=1S/C15H22N2O2/c1-2-9-16-13-7-5-12(6-8-13)15(19)17-10-3-4-14(17)11-18/h5-8,14,16,18H,2-4,9-11H2,1H3. The van der Waals surface area contributed by atoms with E-state index in [-0.39, 0.29) is 18.6 Å². The zero-order valence-corrected chi connectivity index (χ0v) is 11.4. The van der Waals surface area contributed by atoms with Crippen molar-refractivity contribution in [3.63, 3.8) is 0 Å². The molecule has 1 saturated heterocycles. The van der Waals surface area contributed by atoms with Gasteiger partial charge in [0.1, 0.15) is 0 Å². The molecule has 1 aliphatic heterocycles. The third-order valence-electron chi connectivity index (χ3n) is 3.56. The second-order valence-corrected chi connectivity index (χ2v) is 4.98. The molecule has 1 aliphatic rings. The van der Waals surface area contributed by atoms with E-state index in [1.54, 1.807) is 4.90 Å². The van der Waals surface area contributed by atoms with Crippen molar-refractivity contribution >= 4 is 11.6 Å². The smallest absolute Gasteiger partial charge is 0.254 e. The second kappa shape index (κ2) is 6.57. The highest BCUT2D eigenvalue weighted by Crippen LogP contribution is 2.20. The van der Waals surface area contributed by atoms with Gasteiger partial charge in [0.15, 0.2) is 0 Å². The predicted molar refractivity (Wildman–Crippen MR) is 76.4 cm³/mol. The van der Waals surface area contributed by atoms with Crippen LogP contribution in [0.2, 0.25) is 0 Å². The van der Waals surface area contributed by atoms with E-state index in [1.807, 2.05) is 24.3 Å². The number of benzene rings is 1. The number of amides is 1. The van der Waals surface area contributed by atoms with Gasteiger partial charge < -0.3 is 15.3 Å². The third-order valence-corrected chi connectivity index (χ3v) is 3.56. The lowest BCUT2D eigenvalue weighted by molar-refractivity contribution is 0.0677. The van der Waals surface area contributed by atoms with Gasteiger partial charge in [-0.2, -0.15) is 0 Å². The van der Waals surface area contributed by atoms with Gasteiger partial charge in [0, 0.05) is 24.3 Å². The summed E-state index contributed by atoms with van der Waals surface area (Å²) in [5.74, 6) is 0.0265. The fraction of sp³-hybridized carbons (Fsp3) is 0.533. The van der Waals surface area contributed by atoms with Gasteiger partial charge in [0.2, 0.25) is 0 Å². The van der Waals surface area contributed by atoms with Gasteiger partial charge in [-0.1, -0.05) is 6.92 Å². The van der Waals surface area contributed by atoms with Crippen LogP contribution in [0.15, 0.2) is 24.3 Å². The van der Waals surface area contributed by atoms with E-state index in [4.69, 9.17) is 0 Å². The molecule has 4 nitrogen and oxygen atoms in total. The summed E-state index contributed by atoms with van der Waals surface area (Å²) in [6.07, 6.45) is 2.96. The minimum absolute atomic E-state index is 0.00890. The quantitative estimate of drug-likeness (QED) is 0.854. The molecule has 0 bridgehead atoms. The summed E-state index contributed by atoms with van der Waals surface area (Å²) >= 11 is 0. The Morgan fingerprint density at radius 1 is 1.42 bits per heavy atom. The molecule has 0 aliphatic carbocycles. The Morgan fingerprint density at radius 2 is 2.16 bits per heavy atom. The average Bonchev–Trinajstić information content (AvgIpc) is 2.93. The summed E-state index contributed by atoms with van der Waals surface area (Å²) in [6, 6.07) is 7.57. The maximum Gasteiger partial charge on any atom is 0.254 e. The van der Waals surface area contributed by atoms with Gasteiger partial charge in [-0.05, 0) is 43.5 Å². The van der Waals surface area contributed by atoms with Crippen LogP contribution in [-0.2, 0) is 0 Å². The fourth-order valence-electron chi connectivity index (χ4n) is 2.46. The zero-order chi connectivity index (χ0) is 13.7. The van der Waals surface area contributed by atoms with Gasteiger partial charge in [0.25, 0.3) is 5.91 Å². The number of carbonyl (C=O) groups is 1.